The van der Waals surface area contributed by atoms with E-state index in [1.165, 1.54) is 16.8 Å². The predicted molar refractivity (Wildman–Crippen MR) is 172 cm³/mol. The van der Waals surface area contributed by atoms with E-state index in [0.717, 1.165) is 47.3 Å². The third-order valence-electron chi connectivity index (χ3n) is 9.29. The minimum atomic E-state index is -3.52. The van der Waals surface area contributed by atoms with Gasteiger partial charge in [-0.3, -0.25) is 4.79 Å². The fourth-order valence-corrected chi connectivity index (χ4v) is 8.34. The molecule has 0 bridgehead atoms. The second-order valence-electron chi connectivity index (χ2n) is 12.1. The standard InChI is InChI=1S/C34H32N6O4S/c35-19-24-15-23(17-31-27(24)7-10-40(31)45(42,43)26-4-5-26)30-21-37-33-29(30)16-25(20-36-33)22-3-6-28-32(18-22)44-14-13-39(34(28)41)12-11-38-8-1-2-9-38/h3,6-7,10,15-18,20-21,26H,1-2,4-5,8-9,11-14H2,(H,36,37). The molecule has 1 saturated heterocycles. The fourth-order valence-electron chi connectivity index (χ4n) is 6.63. The van der Waals surface area contributed by atoms with Crippen molar-refractivity contribution in [2.24, 2.45) is 0 Å². The molecule has 0 radical (unpaired) electrons. The van der Waals surface area contributed by atoms with Crippen LogP contribution in [0.2, 0.25) is 0 Å². The number of pyridine rings is 1. The Hall–Kier alpha value is -4.66. The van der Waals surface area contributed by atoms with Crippen LogP contribution in [0.15, 0.2) is 61.1 Å². The van der Waals surface area contributed by atoms with E-state index in [1.54, 1.807) is 24.5 Å². The summed E-state index contributed by atoms with van der Waals surface area (Å²) in [6.45, 7) is 4.76. The maximum Gasteiger partial charge on any atom is 0.257 e. The molecular weight excluding hydrogens is 588 g/mol. The number of amides is 1. The highest BCUT2D eigenvalue weighted by molar-refractivity contribution is 7.91. The van der Waals surface area contributed by atoms with Gasteiger partial charge in [0.1, 0.15) is 18.0 Å². The molecule has 5 heterocycles. The van der Waals surface area contributed by atoms with Crippen molar-refractivity contribution in [3.8, 4) is 34.1 Å². The van der Waals surface area contributed by atoms with Crippen LogP contribution in [0.3, 0.4) is 0 Å². The van der Waals surface area contributed by atoms with E-state index < -0.39 is 10.0 Å². The van der Waals surface area contributed by atoms with Crippen molar-refractivity contribution in [1.82, 2.24) is 23.7 Å². The number of likely N-dealkylation sites (tertiary alicyclic amines) is 1. The van der Waals surface area contributed by atoms with E-state index in [0.29, 0.717) is 66.0 Å². The number of benzene rings is 2. The van der Waals surface area contributed by atoms with Crippen molar-refractivity contribution in [3.05, 3.63) is 72.2 Å². The van der Waals surface area contributed by atoms with E-state index in [-0.39, 0.29) is 11.2 Å². The van der Waals surface area contributed by atoms with Crippen molar-refractivity contribution in [2.75, 3.05) is 39.3 Å². The zero-order chi connectivity index (χ0) is 30.7. The molecule has 1 saturated carbocycles. The highest BCUT2D eigenvalue weighted by Crippen LogP contribution is 2.38. The van der Waals surface area contributed by atoms with Gasteiger partial charge in [-0.2, -0.15) is 5.26 Å². The summed E-state index contributed by atoms with van der Waals surface area (Å²) in [6.07, 6.45) is 8.93. The quantitative estimate of drug-likeness (QED) is 0.272. The van der Waals surface area contributed by atoms with Gasteiger partial charge < -0.3 is 19.5 Å². The average Bonchev–Trinajstić information content (AvgIpc) is 3.46. The third-order valence-corrected chi connectivity index (χ3v) is 11.5. The van der Waals surface area contributed by atoms with Gasteiger partial charge in [0.15, 0.2) is 0 Å². The number of rotatable bonds is 7. The first-order valence-corrected chi connectivity index (χ1v) is 17.0. The summed E-state index contributed by atoms with van der Waals surface area (Å²) in [7, 11) is -3.52. The predicted octanol–water partition coefficient (Wildman–Crippen LogP) is 4.99. The molecule has 3 aromatic heterocycles. The Bertz CT molecular complexity index is 2130. The van der Waals surface area contributed by atoms with E-state index in [2.05, 4.69) is 20.9 Å². The van der Waals surface area contributed by atoms with Crippen molar-refractivity contribution in [3.63, 3.8) is 0 Å². The summed E-state index contributed by atoms with van der Waals surface area (Å²) in [5, 5.41) is 11.0. The lowest BCUT2D eigenvalue weighted by Crippen LogP contribution is -2.38. The normalized spacial score (nSPS) is 17.4. The smallest absolute Gasteiger partial charge is 0.257 e. The maximum absolute atomic E-state index is 13.4. The van der Waals surface area contributed by atoms with Gasteiger partial charge in [-0.15, -0.1) is 0 Å². The van der Waals surface area contributed by atoms with Gasteiger partial charge >= 0.3 is 0 Å². The summed E-state index contributed by atoms with van der Waals surface area (Å²) in [5.41, 5.74) is 5.39. The molecule has 1 N–H and O–H groups in total. The van der Waals surface area contributed by atoms with Gasteiger partial charge in [0.2, 0.25) is 10.0 Å². The second kappa shape index (κ2) is 10.8. The van der Waals surface area contributed by atoms with Crippen LogP contribution in [-0.2, 0) is 10.0 Å². The molecule has 11 heteroatoms. The summed E-state index contributed by atoms with van der Waals surface area (Å²) in [4.78, 5) is 25.6. The number of nitrogens with one attached hydrogen (secondary N) is 1. The summed E-state index contributed by atoms with van der Waals surface area (Å²) in [5.74, 6) is 0.559. The van der Waals surface area contributed by atoms with E-state index in [1.807, 2.05) is 41.4 Å². The van der Waals surface area contributed by atoms with Crippen LogP contribution < -0.4 is 4.74 Å². The number of nitriles is 1. The number of nitrogens with zero attached hydrogens (tertiary/aromatic N) is 5. The number of H-pyrrole nitrogens is 1. The number of carbonyl (C=O) groups is 1. The Morgan fingerprint density at radius 2 is 1.80 bits per heavy atom. The molecular formula is C34H32N6O4S. The van der Waals surface area contributed by atoms with Crippen molar-refractivity contribution in [2.45, 2.75) is 30.9 Å². The number of ether oxygens (including phenoxy) is 1. The molecule has 1 aliphatic carbocycles. The summed E-state index contributed by atoms with van der Waals surface area (Å²) >= 11 is 0. The number of hydrogen-bond donors (Lipinski definition) is 1. The molecule has 8 rings (SSSR count). The molecule has 0 atom stereocenters. The zero-order valence-corrected chi connectivity index (χ0v) is 25.5. The van der Waals surface area contributed by atoms with Crippen molar-refractivity contribution < 1.29 is 17.9 Å². The van der Waals surface area contributed by atoms with Crippen molar-refractivity contribution >= 4 is 37.9 Å². The molecule has 2 aliphatic heterocycles. The number of hydrogen-bond acceptors (Lipinski definition) is 7. The minimum Gasteiger partial charge on any atom is -0.491 e. The highest BCUT2D eigenvalue weighted by atomic mass is 32.2. The van der Waals surface area contributed by atoms with Crippen LogP contribution in [0, 0.1) is 11.3 Å². The molecule has 10 nitrogen and oxygen atoms in total. The van der Waals surface area contributed by atoms with Gasteiger partial charge in [0.05, 0.1) is 34.5 Å². The van der Waals surface area contributed by atoms with E-state index in [4.69, 9.17) is 4.74 Å². The van der Waals surface area contributed by atoms with E-state index in [9.17, 15) is 18.5 Å². The van der Waals surface area contributed by atoms with Crippen LogP contribution in [-0.4, -0.2) is 82.6 Å². The lowest BCUT2D eigenvalue weighted by Gasteiger charge is -2.23. The fraction of sp³-hybridized carbons (Fsp3) is 0.324. The van der Waals surface area contributed by atoms with Gasteiger partial charge in [-0.05, 0) is 86.3 Å². The lowest BCUT2D eigenvalue weighted by atomic mass is 9.98. The first-order valence-electron chi connectivity index (χ1n) is 15.5. The number of aromatic amines is 1. The SMILES string of the molecule is N#Cc1cc(-c2c[nH]c3ncc(-c4ccc5c(c4)OCCN(CCN4CCCC4)C5=O)cc23)cc2c1ccn2S(=O)(=O)C1CC1. The van der Waals surface area contributed by atoms with Gasteiger partial charge in [0, 0.05) is 53.6 Å². The Balaban J connectivity index is 1.14. The van der Waals surface area contributed by atoms with E-state index >= 15 is 0 Å². The molecule has 3 aliphatic rings. The minimum absolute atomic E-state index is 0.00751. The molecule has 1 amide bonds. The average molecular weight is 621 g/mol. The topological polar surface area (TPSA) is 124 Å². The highest BCUT2D eigenvalue weighted by Gasteiger charge is 2.37. The third kappa shape index (κ3) is 4.85. The molecule has 228 valence electrons. The van der Waals surface area contributed by atoms with Crippen LogP contribution in [0.4, 0.5) is 0 Å². The Labute approximate surface area is 260 Å². The maximum atomic E-state index is 13.4. The van der Waals surface area contributed by atoms with Crippen LogP contribution >= 0.6 is 0 Å². The summed E-state index contributed by atoms with van der Waals surface area (Å²) in [6, 6.07) is 15.3. The number of aromatic nitrogens is 3. The first-order chi connectivity index (χ1) is 21.9. The van der Waals surface area contributed by atoms with Crippen LogP contribution in [0.25, 0.3) is 44.2 Å². The van der Waals surface area contributed by atoms with Gasteiger partial charge in [-0.1, -0.05) is 6.07 Å². The van der Waals surface area contributed by atoms with Gasteiger partial charge in [-0.25, -0.2) is 17.4 Å². The lowest BCUT2D eigenvalue weighted by molar-refractivity contribution is 0.0740. The molecule has 2 aromatic carbocycles. The monoisotopic (exact) mass is 620 g/mol. The first kappa shape index (κ1) is 27.9. The molecule has 2 fully saturated rings. The Kier molecular flexibility index (Phi) is 6.66. The molecule has 0 unspecified atom stereocenters. The Morgan fingerprint density at radius 1 is 0.956 bits per heavy atom. The molecule has 45 heavy (non-hydrogen) atoms. The molecule has 0 spiro atoms. The Morgan fingerprint density at radius 3 is 2.60 bits per heavy atom. The van der Waals surface area contributed by atoms with Crippen LogP contribution in [0.5, 0.6) is 5.75 Å². The van der Waals surface area contributed by atoms with Gasteiger partial charge in [0.25, 0.3) is 5.91 Å². The number of carbonyl (C=O) groups excluding carboxylic acids is 1. The number of fused-ring (bicyclic) bond motifs is 3. The van der Waals surface area contributed by atoms with Crippen LogP contribution in [0.1, 0.15) is 41.6 Å². The zero-order valence-electron chi connectivity index (χ0n) is 24.7. The van der Waals surface area contributed by atoms with Crippen molar-refractivity contribution in [1.29, 1.82) is 5.26 Å². The summed E-state index contributed by atoms with van der Waals surface area (Å²) < 4.78 is 33.7. The largest absolute Gasteiger partial charge is 0.491 e. The second-order valence-corrected chi connectivity index (χ2v) is 14.2. The molecule has 5 aromatic rings.